The van der Waals surface area contributed by atoms with Crippen molar-refractivity contribution in [3.05, 3.63) is 35.4 Å². The third kappa shape index (κ3) is 2.61. The van der Waals surface area contributed by atoms with Gasteiger partial charge in [0.25, 0.3) is 5.72 Å². The lowest BCUT2D eigenvalue weighted by molar-refractivity contribution is -0.246. The third-order valence-corrected chi connectivity index (χ3v) is 3.11. The molecule has 7 heteroatoms. The number of ether oxygens (including phenoxy) is 1. The number of benzene rings is 1. The van der Waals surface area contributed by atoms with Crippen LogP contribution in [-0.4, -0.2) is 29.5 Å². The van der Waals surface area contributed by atoms with Crippen molar-refractivity contribution in [1.82, 2.24) is 5.32 Å². The van der Waals surface area contributed by atoms with Crippen molar-refractivity contribution in [2.75, 3.05) is 6.54 Å². The molecule has 0 amide bonds. The van der Waals surface area contributed by atoms with Gasteiger partial charge in [0, 0.05) is 5.56 Å². The highest BCUT2D eigenvalue weighted by Gasteiger charge is 2.63. The molecule has 1 unspecified atom stereocenters. The highest BCUT2D eigenvalue weighted by atomic mass is 19.4. The van der Waals surface area contributed by atoms with E-state index >= 15 is 0 Å². The molecule has 0 aliphatic carbocycles. The molecule has 0 saturated heterocycles. The van der Waals surface area contributed by atoms with Gasteiger partial charge in [-0.05, 0) is 25.1 Å². The van der Waals surface area contributed by atoms with Gasteiger partial charge in [-0.15, -0.1) is 0 Å². The van der Waals surface area contributed by atoms with Gasteiger partial charge < -0.3 is 9.84 Å². The fourth-order valence-corrected chi connectivity index (χ4v) is 2.13. The Hall–Kier alpha value is -2.02. The number of aliphatic carboxylic acids is 1. The van der Waals surface area contributed by atoms with Crippen LogP contribution in [0.15, 0.2) is 29.8 Å². The van der Waals surface area contributed by atoms with Crippen LogP contribution < -0.4 is 10.1 Å². The Morgan fingerprint density at radius 3 is 2.62 bits per heavy atom. The van der Waals surface area contributed by atoms with Gasteiger partial charge in [-0.2, -0.15) is 13.2 Å². The molecule has 2 rings (SSSR count). The van der Waals surface area contributed by atoms with Gasteiger partial charge in [-0.1, -0.05) is 25.1 Å². The Balaban J connectivity index is 2.61. The molecular weight excluding hydrogens is 287 g/mol. The lowest BCUT2D eigenvalue weighted by atomic mass is 9.95. The zero-order valence-corrected chi connectivity index (χ0v) is 11.2. The van der Waals surface area contributed by atoms with Crippen molar-refractivity contribution in [2.45, 2.75) is 25.2 Å². The van der Waals surface area contributed by atoms with E-state index in [1.165, 1.54) is 18.2 Å². The molecule has 21 heavy (non-hydrogen) atoms. The predicted molar refractivity (Wildman–Crippen MR) is 69.8 cm³/mol. The van der Waals surface area contributed by atoms with Gasteiger partial charge in [0.15, 0.2) is 0 Å². The number of para-hydroxylation sites is 1. The van der Waals surface area contributed by atoms with E-state index in [0.717, 1.165) is 6.08 Å². The minimum Gasteiger partial charge on any atom is -0.478 e. The molecule has 1 aliphatic heterocycles. The molecule has 1 heterocycles. The Morgan fingerprint density at radius 2 is 2.05 bits per heavy atom. The molecule has 1 atom stereocenters. The molecule has 1 aliphatic rings. The van der Waals surface area contributed by atoms with Gasteiger partial charge in [-0.3, -0.25) is 5.32 Å². The van der Waals surface area contributed by atoms with E-state index in [-0.39, 0.29) is 12.3 Å². The summed E-state index contributed by atoms with van der Waals surface area (Å²) >= 11 is 0. The molecule has 0 aromatic heterocycles. The summed E-state index contributed by atoms with van der Waals surface area (Å²) in [5, 5.41) is 11.4. The molecule has 4 nitrogen and oxygen atoms in total. The van der Waals surface area contributed by atoms with Crippen LogP contribution in [0.3, 0.4) is 0 Å². The molecule has 0 bridgehead atoms. The van der Waals surface area contributed by atoms with Crippen LogP contribution >= 0.6 is 0 Å². The number of alkyl halides is 3. The first-order valence-electron chi connectivity index (χ1n) is 6.37. The fraction of sp³-hybridized carbons (Fsp3) is 0.357. The van der Waals surface area contributed by atoms with Crippen LogP contribution in [0, 0.1) is 0 Å². The van der Waals surface area contributed by atoms with Gasteiger partial charge in [-0.25, -0.2) is 4.79 Å². The van der Waals surface area contributed by atoms with Gasteiger partial charge in [0.05, 0.1) is 0 Å². The normalized spacial score (nSPS) is 21.2. The number of rotatable bonds is 4. The Kier molecular flexibility index (Phi) is 3.95. The quantitative estimate of drug-likeness (QED) is 0.898. The third-order valence-electron chi connectivity index (χ3n) is 3.11. The molecule has 2 N–H and O–H groups in total. The maximum Gasteiger partial charge on any atom is 0.447 e. The number of fused-ring (bicyclic) bond motifs is 1. The van der Waals surface area contributed by atoms with E-state index in [2.05, 4.69) is 5.32 Å². The van der Waals surface area contributed by atoms with Crippen molar-refractivity contribution < 1.29 is 27.8 Å². The number of hydrogen-bond acceptors (Lipinski definition) is 3. The molecule has 1 aromatic carbocycles. The van der Waals surface area contributed by atoms with Crippen LogP contribution in [0.2, 0.25) is 0 Å². The first-order chi connectivity index (χ1) is 9.82. The lowest BCUT2D eigenvalue weighted by Gasteiger charge is -2.39. The second-order valence-corrected chi connectivity index (χ2v) is 4.61. The van der Waals surface area contributed by atoms with Crippen LogP contribution in [-0.2, 0) is 4.79 Å². The van der Waals surface area contributed by atoms with Gasteiger partial charge >= 0.3 is 12.1 Å². The molecule has 0 spiro atoms. The first kappa shape index (κ1) is 15.4. The number of hydrogen-bond donors (Lipinski definition) is 2. The maximum atomic E-state index is 13.5. The maximum absolute atomic E-state index is 13.5. The summed E-state index contributed by atoms with van der Waals surface area (Å²) < 4.78 is 45.7. The summed E-state index contributed by atoms with van der Waals surface area (Å²) in [4.78, 5) is 11.3. The number of halogens is 3. The van der Waals surface area contributed by atoms with E-state index in [0.29, 0.717) is 12.0 Å². The monoisotopic (exact) mass is 301 g/mol. The summed E-state index contributed by atoms with van der Waals surface area (Å²) in [6.07, 6.45) is -3.52. The number of carboxylic acids is 1. The number of carbonyl (C=O) groups is 1. The molecular formula is C14H14F3NO3. The topological polar surface area (TPSA) is 58.6 Å². The van der Waals surface area contributed by atoms with E-state index < -0.39 is 23.4 Å². The minimum atomic E-state index is -4.92. The summed E-state index contributed by atoms with van der Waals surface area (Å²) in [6, 6.07) is 5.99. The molecule has 0 radical (unpaired) electrons. The number of carboxylic acid groups (broad SMARTS) is 1. The smallest absolute Gasteiger partial charge is 0.447 e. The van der Waals surface area contributed by atoms with Crippen LogP contribution in [0.4, 0.5) is 13.2 Å². The van der Waals surface area contributed by atoms with Crippen molar-refractivity contribution in [3.8, 4) is 5.75 Å². The summed E-state index contributed by atoms with van der Waals surface area (Å²) in [7, 11) is 0. The molecule has 0 saturated carbocycles. The standard InChI is InChI=1S/C14H14F3NO3/c1-2-7-18-13(14(15,16)17)10(12(19)20)8-9-5-3-4-6-11(9)21-13/h3-6,8,18H,2,7H2,1H3,(H,19,20). The zero-order valence-electron chi connectivity index (χ0n) is 11.2. The summed E-state index contributed by atoms with van der Waals surface area (Å²) in [5.41, 5.74) is -3.61. The first-order valence-corrected chi connectivity index (χ1v) is 6.37. The van der Waals surface area contributed by atoms with Crippen molar-refractivity contribution in [2.24, 2.45) is 0 Å². The van der Waals surface area contributed by atoms with E-state index in [9.17, 15) is 23.1 Å². The highest BCUT2D eigenvalue weighted by molar-refractivity contribution is 5.96. The Morgan fingerprint density at radius 1 is 1.38 bits per heavy atom. The lowest BCUT2D eigenvalue weighted by Crippen LogP contribution is -2.64. The van der Waals surface area contributed by atoms with Crippen LogP contribution in [0.5, 0.6) is 5.75 Å². The Bertz CT molecular complexity index is 583. The van der Waals surface area contributed by atoms with Gasteiger partial charge in [0.2, 0.25) is 0 Å². The predicted octanol–water partition coefficient (Wildman–Crippen LogP) is 2.81. The Labute approximate surface area is 119 Å². The average Bonchev–Trinajstić information content (AvgIpc) is 2.42. The second kappa shape index (κ2) is 5.40. The van der Waals surface area contributed by atoms with Gasteiger partial charge in [0.1, 0.15) is 11.3 Å². The van der Waals surface area contributed by atoms with Crippen molar-refractivity contribution >= 4 is 12.0 Å². The molecule has 114 valence electrons. The molecule has 0 fully saturated rings. The molecule has 1 aromatic rings. The second-order valence-electron chi connectivity index (χ2n) is 4.61. The average molecular weight is 301 g/mol. The van der Waals surface area contributed by atoms with Crippen LogP contribution in [0.25, 0.3) is 6.08 Å². The van der Waals surface area contributed by atoms with Crippen molar-refractivity contribution in [1.29, 1.82) is 0 Å². The summed E-state index contributed by atoms with van der Waals surface area (Å²) in [6.45, 7) is 1.64. The van der Waals surface area contributed by atoms with Crippen molar-refractivity contribution in [3.63, 3.8) is 0 Å². The highest BCUT2D eigenvalue weighted by Crippen LogP contribution is 2.43. The zero-order chi connectivity index (χ0) is 15.7. The number of nitrogens with one attached hydrogen (secondary N) is 1. The largest absolute Gasteiger partial charge is 0.478 e. The summed E-state index contributed by atoms with van der Waals surface area (Å²) in [5.74, 6) is -1.69. The van der Waals surface area contributed by atoms with E-state index in [4.69, 9.17) is 4.74 Å². The SMILES string of the molecule is CCCNC1(C(F)(F)F)Oc2ccccc2C=C1C(=O)O. The minimum absolute atomic E-state index is 0.0107. The fourth-order valence-electron chi connectivity index (χ4n) is 2.13. The van der Waals surface area contributed by atoms with E-state index in [1.54, 1.807) is 13.0 Å². The van der Waals surface area contributed by atoms with Crippen LogP contribution in [0.1, 0.15) is 18.9 Å². The van der Waals surface area contributed by atoms with E-state index in [1.807, 2.05) is 0 Å².